The van der Waals surface area contributed by atoms with E-state index in [1.54, 1.807) is 4.90 Å². The smallest absolute Gasteiger partial charge is 0.249 e. The number of ether oxygens (including phenoxy) is 1. The summed E-state index contributed by atoms with van der Waals surface area (Å²) in [6.45, 7) is 0.375. The summed E-state index contributed by atoms with van der Waals surface area (Å²) in [7, 11) is 1.49. The minimum absolute atomic E-state index is 0.0468. The van der Waals surface area contributed by atoms with Crippen molar-refractivity contribution in [1.29, 1.82) is 0 Å². The van der Waals surface area contributed by atoms with Crippen molar-refractivity contribution >= 4 is 17.7 Å². The third-order valence-electron chi connectivity index (χ3n) is 6.80. The van der Waals surface area contributed by atoms with Crippen molar-refractivity contribution in [1.82, 2.24) is 15.1 Å². The van der Waals surface area contributed by atoms with E-state index in [0.29, 0.717) is 13.0 Å². The minimum atomic E-state index is -0.536. The topological polar surface area (TPSA) is 105 Å². The van der Waals surface area contributed by atoms with Crippen molar-refractivity contribution < 1.29 is 19.1 Å². The van der Waals surface area contributed by atoms with Gasteiger partial charge in [0, 0.05) is 37.7 Å². The number of hydrogen-bond acceptors (Lipinski definition) is 5. The molecule has 0 radical (unpaired) electrons. The molecular formula is C21H34N4O4. The van der Waals surface area contributed by atoms with Crippen LogP contribution in [-0.4, -0.2) is 78.0 Å². The Kier molecular flexibility index (Phi) is 6.11. The second kappa shape index (κ2) is 8.60. The third-order valence-corrected chi connectivity index (χ3v) is 6.80. The predicted molar refractivity (Wildman–Crippen MR) is 107 cm³/mol. The molecule has 3 amide bonds. The molecule has 162 valence electrons. The summed E-state index contributed by atoms with van der Waals surface area (Å²) in [6, 6.07) is 0.0141. The summed E-state index contributed by atoms with van der Waals surface area (Å²) in [6.07, 6.45) is 8.09. The molecule has 0 aromatic heterocycles. The number of carbonyl (C=O) groups excluding carboxylic acids is 3. The number of nitrogens with one attached hydrogen (secondary N) is 1. The summed E-state index contributed by atoms with van der Waals surface area (Å²) in [5.41, 5.74) is 5.97. The molecular weight excluding hydrogens is 372 g/mol. The molecule has 2 atom stereocenters. The van der Waals surface area contributed by atoms with E-state index < -0.39 is 6.04 Å². The first-order valence-electron chi connectivity index (χ1n) is 11.1. The van der Waals surface area contributed by atoms with Gasteiger partial charge in [0.1, 0.15) is 12.6 Å². The van der Waals surface area contributed by atoms with Gasteiger partial charge in [0.15, 0.2) is 0 Å². The zero-order chi connectivity index (χ0) is 20.5. The molecule has 4 rings (SSSR count). The standard InChI is InChI=1S/C21H34N4O4/c1-29-12-19(26)24-11-17(25(16-8-9-16)21(28)13-2-3-13)10-18(24)20(27)23-15-6-4-14(22)5-7-15/h13-18H,2-12,22H2,1H3,(H,23,27). The van der Waals surface area contributed by atoms with E-state index in [1.807, 2.05) is 4.90 Å². The number of nitrogens with two attached hydrogens (primary N) is 1. The van der Waals surface area contributed by atoms with Gasteiger partial charge in [-0.15, -0.1) is 0 Å². The van der Waals surface area contributed by atoms with Gasteiger partial charge in [0.2, 0.25) is 17.7 Å². The molecule has 3 N–H and O–H groups in total. The van der Waals surface area contributed by atoms with Gasteiger partial charge in [-0.2, -0.15) is 0 Å². The normalized spacial score (nSPS) is 32.1. The molecule has 1 heterocycles. The Balaban J connectivity index is 1.45. The van der Waals surface area contributed by atoms with E-state index in [2.05, 4.69) is 5.32 Å². The first kappa shape index (κ1) is 20.6. The summed E-state index contributed by atoms with van der Waals surface area (Å²) in [5, 5.41) is 3.14. The molecule has 4 aliphatic rings. The number of nitrogens with zero attached hydrogens (tertiary/aromatic N) is 2. The molecule has 4 fully saturated rings. The summed E-state index contributed by atoms with van der Waals surface area (Å²) < 4.78 is 5.04. The van der Waals surface area contributed by atoms with Crippen molar-refractivity contribution in [2.75, 3.05) is 20.3 Å². The van der Waals surface area contributed by atoms with Crippen molar-refractivity contribution in [3.8, 4) is 0 Å². The maximum atomic E-state index is 13.1. The number of hydrogen-bond donors (Lipinski definition) is 2. The number of rotatable bonds is 7. The monoisotopic (exact) mass is 406 g/mol. The van der Waals surface area contributed by atoms with Crippen LogP contribution in [0, 0.1) is 5.92 Å². The van der Waals surface area contributed by atoms with E-state index in [9.17, 15) is 14.4 Å². The molecule has 1 saturated heterocycles. The molecule has 3 saturated carbocycles. The highest BCUT2D eigenvalue weighted by Crippen LogP contribution is 2.39. The SMILES string of the molecule is COCC(=O)N1CC(N(C(=O)C2CC2)C2CC2)CC1C(=O)NC1CCC(N)CC1. The van der Waals surface area contributed by atoms with Gasteiger partial charge in [0.25, 0.3) is 0 Å². The second-order valence-corrected chi connectivity index (χ2v) is 9.26. The van der Waals surface area contributed by atoms with Crippen LogP contribution in [0.15, 0.2) is 0 Å². The molecule has 8 nitrogen and oxygen atoms in total. The zero-order valence-corrected chi connectivity index (χ0v) is 17.3. The summed E-state index contributed by atoms with van der Waals surface area (Å²) >= 11 is 0. The van der Waals surface area contributed by atoms with Crippen LogP contribution in [0.5, 0.6) is 0 Å². The third kappa shape index (κ3) is 4.74. The van der Waals surface area contributed by atoms with Gasteiger partial charge in [-0.3, -0.25) is 14.4 Å². The number of methoxy groups -OCH3 is 1. The van der Waals surface area contributed by atoms with Crippen molar-refractivity contribution in [3.05, 3.63) is 0 Å². The quantitative estimate of drug-likeness (QED) is 0.636. The number of amides is 3. The van der Waals surface area contributed by atoms with Gasteiger partial charge in [-0.25, -0.2) is 0 Å². The van der Waals surface area contributed by atoms with Crippen LogP contribution < -0.4 is 11.1 Å². The highest BCUT2D eigenvalue weighted by atomic mass is 16.5. The highest BCUT2D eigenvalue weighted by Gasteiger charge is 2.49. The molecule has 0 aromatic carbocycles. The molecule has 0 spiro atoms. The zero-order valence-electron chi connectivity index (χ0n) is 17.3. The summed E-state index contributed by atoms with van der Waals surface area (Å²) in [4.78, 5) is 42.3. The van der Waals surface area contributed by atoms with Gasteiger partial charge < -0.3 is 25.6 Å². The first-order valence-corrected chi connectivity index (χ1v) is 11.1. The van der Waals surface area contributed by atoms with Crippen molar-refractivity contribution in [2.45, 2.75) is 88.0 Å². The molecule has 0 bridgehead atoms. The molecule has 29 heavy (non-hydrogen) atoms. The lowest BCUT2D eigenvalue weighted by atomic mass is 9.91. The fourth-order valence-corrected chi connectivity index (χ4v) is 4.86. The fraction of sp³-hybridized carbons (Fsp3) is 0.857. The molecule has 2 unspecified atom stereocenters. The van der Waals surface area contributed by atoms with Crippen LogP contribution in [0.3, 0.4) is 0 Å². The van der Waals surface area contributed by atoms with Crippen LogP contribution >= 0.6 is 0 Å². The van der Waals surface area contributed by atoms with Gasteiger partial charge in [-0.1, -0.05) is 0 Å². The predicted octanol–water partition coefficient (Wildman–Crippen LogP) is 0.389. The van der Waals surface area contributed by atoms with Gasteiger partial charge in [-0.05, 0) is 57.8 Å². The first-order chi connectivity index (χ1) is 14.0. The average molecular weight is 407 g/mol. The largest absolute Gasteiger partial charge is 0.375 e. The van der Waals surface area contributed by atoms with E-state index in [4.69, 9.17) is 10.5 Å². The number of carbonyl (C=O) groups is 3. The van der Waals surface area contributed by atoms with E-state index >= 15 is 0 Å². The van der Waals surface area contributed by atoms with Crippen molar-refractivity contribution in [3.63, 3.8) is 0 Å². The van der Waals surface area contributed by atoms with Crippen LogP contribution in [0.4, 0.5) is 0 Å². The lowest BCUT2D eigenvalue weighted by Crippen LogP contribution is -2.50. The van der Waals surface area contributed by atoms with Gasteiger partial charge in [0.05, 0.1) is 6.04 Å². The van der Waals surface area contributed by atoms with E-state index in [0.717, 1.165) is 51.4 Å². The molecule has 8 heteroatoms. The van der Waals surface area contributed by atoms with Crippen LogP contribution in [0.2, 0.25) is 0 Å². The van der Waals surface area contributed by atoms with E-state index in [1.165, 1.54) is 7.11 Å². The van der Waals surface area contributed by atoms with Crippen LogP contribution in [0.25, 0.3) is 0 Å². The molecule has 1 aliphatic heterocycles. The second-order valence-electron chi connectivity index (χ2n) is 9.26. The van der Waals surface area contributed by atoms with Gasteiger partial charge >= 0.3 is 0 Å². The summed E-state index contributed by atoms with van der Waals surface area (Å²) in [5.74, 6) is 0.0829. The van der Waals surface area contributed by atoms with Crippen LogP contribution in [0.1, 0.15) is 57.8 Å². The van der Waals surface area contributed by atoms with E-state index in [-0.39, 0.29) is 54.4 Å². The van der Waals surface area contributed by atoms with Crippen LogP contribution in [-0.2, 0) is 19.1 Å². The van der Waals surface area contributed by atoms with Crippen molar-refractivity contribution in [2.24, 2.45) is 11.7 Å². The Morgan fingerprint density at radius 3 is 2.31 bits per heavy atom. The Labute approximate surface area is 172 Å². The maximum Gasteiger partial charge on any atom is 0.249 e. The molecule has 3 aliphatic carbocycles. The lowest BCUT2D eigenvalue weighted by molar-refractivity contribution is -0.142. The fourth-order valence-electron chi connectivity index (χ4n) is 4.86. The number of likely N-dealkylation sites (tertiary alicyclic amines) is 1. The Morgan fingerprint density at radius 2 is 1.72 bits per heavy atom. The Hall–Kier alpha value is -1.67. The highest BCUT2D eigenvalue weighted by molar-refractivity contribution is 5.89. The minimum Gasteiger partial charge on any atom is -0.375 e. The Morgan fingerprint density at radius 1 is 1.03 bits per heavy atom. The molecule has 0 aromatic rings. The lowest BCUT2D eigenvalue weighted by Gasteiger charge is -2.30. The average Bonchev–Trinajstić information content (AvgIpc) is 3.61. The Bertz CT molecular complexity index is 641. The maximum absolute atomic E-state index is 13.1.